The minimum absolute atomic E-state index is 0.572. The molecule has 0 spiro atoms. The summed E-state index contributed by atoms with van der Waals surface area (Å²) in [5.74, 6) is 1.02. The summed E-state index contributed by atoms with van der Waals surface area (Å²) in [4.78, 5) is 7.28. The lowest BCUT2D eigenvalue weighted by atomic mass is 10.3. The van der Waals surface area contributed by atoms with Gasteiger partial charge in [-0.05, 0) is 40.9 Å². The second-order valence-corrected chi connectivity index (χ2v) is 5.42. The highest BCUT2D eigenvalue weighted by molar-refractivity contribution is 9.10. The van der Waals surface area contributed by atoms with Gasteiger partial charge in [-0.3, -0.25) is 0 Å². The number of anilines is 1. The van der Waals surface area contributed by atoms with Crippen molar-refractivity contribution in [2.75, 3.05) is 11.4 Å². The van der Waals surface area contributed by atoms with E-state index in [4.69, 9.17) is 18.0 Å². The summed E-state index contributed by atoms with van der Waals surface area (Å²) in [7, 11) is 0. The second-order valence-electron chi connectivity index (χ2n) is 3.98. The minimum Gasteiger partial charge on any atom is -0.393 e. The van der Waals surface area contributed by atoms with E-state index < -0.39 is 0 Å². The maximum absolute atomic E-state index is 5.54. The molecule has 0 amide bonds. The normalized spacial score (nSPS) is 14.8. The van der Waals surface area contributed by atoms with Crippen molar-refractivity contribution < 1.29 is 0 Å². The van der Waals surface area contributed by atoms with Crippen molar-refractivity contribution in [3.63, 3.8) is 0 Å². The van der Waals surface area contributed by atoms with Crippen LogP contribution in [0.1, 0.15) is 19.3 Å². The molecule has 1 fully saturated rings. The molecule has 0 bridgehead atoms. The first-order valence-electron chi connectivity index (χ1n) is 5.33. The Morgan fingerprint density at radius 1 is 1.56 bits per heavy atom. The lowest BCUT2D eigenvalue weighted by molar-refractivity contribution is 0.785. The zero-order chi connectivity index (χ0) is 11.5. The Balaban J connectivity index is 2.06. The number of aromatic nitrogens is 1. The molecular weight excluding hydrogens is 286 g/mol. The number of rotatable bonds is 5. The molecule has 0 aliphatic heterocycles. The van der Waals surface area contributed by atoms with Gasteiger partial charge in [0.15, 0.2) is 0 Å². The first-order valence-corrected chi connectivity index (χ1v) is 6.53. The van der Waals surface area contributed by atoms with Gasteiger partial charge in [-0.1, -0.05) is 12.2 Å². The van der Waals surface area contributed by atoms with E-state index in [-0.39, 0.29) is 0 Å². The fourth-order valence-electron chi connectivity index (χ4n) is 1.64. The summed E-state index contributed by atoms with van der Waals surface area (Å²) >= 11 is 8.30. The Morgan fingerprint density at radius 3 is 2.81 bits per heavy atom. The average Bonchev–Trinajstić information content (AvgIpc) is 3.04. The smallest absolute Gasteiger partial charge is 0.128 e. The number of halogens is 1. The van der Waals surface area contributed by atoms with Gasteiger partial charge in [0.2, 0.25) is 0 Å². The van der Waals surface area contributed by atoms with Crippen molar-refractivity contribution >= 4 is 39.0 Å². The van der Waals surface area contributed by atoms with Crippen LogP contribution in [0.25, 0.3) is 0 Å². The molecule has 86 valence electrons. The van der Waals surface area contributed by atoms with Crippen LogP contribution >= 0.6 is 28.1 Å². The summed E-state index contributed by atoms with van der Waals surface area (Å²) in [5, 5.41) is 0. The van der Waals surface area contributed by atoms with Crippen LogP contribution in [0.15, 0.2) is 22.8 Å². The molecule has 1 aliphatic carbocycles. The first kappa shape index (κ1) is 11.8. The highest BCUT2D eigenvalue weighted by Crippen LogP contribution is 2.30. The van der Waals surface area contributed by atoms with Gasteiger partial charge in [0.1, 0.15) is 5.82 Å². The molecule has 1 aliphatic rings. The van der Waals surface area contributed by atoms with E-state index >= 15 is 0 Å². The fourth-order valence-corrected chi connectivity index (χ4v) is 1.96. The van der Waals surface area contributed by atoms with Gasteiger partial charge >= 0.3 is 0 Å². The van der Waals surface area contributed by atoms with Crippen LogP contribution < -0.4 is 10.6 Å². The Kier molecular flexibility index (Phi) is 3.76. The monoisotopic (exact) mass is 299 g/mol. The second kappa shape index (κ2) is 5.10. The zero-order valence-corrected chi connectivity index (χ0v) is 11.3. The van der Waals surface area contributed by atoms with Crippen LogP contribution in [-0.4, -0.2) is 22.6 Å². The molecular formula is C11H14BrN3S. The zero-order valence-electron chi connectivity index (χ0n) is 8.90. The summed E-state index contributed by atoms with van der Waals surface area (Å²) in [6, 6.07) is 4.67. The van der Waals surface area contributed by atoms with E-state index in [1.807, 2.05) is 18.3 Å². The Morgan fingerprint density at radius 2 is 2.31 bits per heavy atom. The third-order valence-electron chi connectivity index (χ3n) is 2.59. The summed E-state index contributed by atoms with van der Waals surface area (Å²) < 4.78 is 1.00. The largest absolute Gasteiger partial charge is 0.393 e. The van der Waals surface area contributed by atoms with E-state index in [1.165, 1.54) is 12.8 Å². The Labute approximate surface area is 109 Å². The van der Waals surface area contributed by atoms with Crippen LogP contribution in [-0.2, 0) is 0 Å². The molecule has 0 radical (unpaired) electrons. The third-order valence-corrected chi connectivity index (χ3v) is 3.27. The predicted octanol–water partition coefficient (Wildman–Crippen LogP) is 2.49. The fraction of sp³-hybridized carbons (Fsp3) is 0.455. The molecule has 1 aromatic rings. The van der Waals surface area contributed by atoms with Crippen molar-refractivity contribution in [2.45, 2.75) is 25.3 Å². The van der Waals surface area contributed by atoms with E-state index in [2.05, 4.69) is 25.8 Å². The van der Waals surface area contributed by atoms with Gasteiger partial charge in [0.25, 0.3) is 0 Å². The molecule has 0 unspecified atom stereocenters. The number of nitrogens with zero attached hydrogens (tertiary/aromatic N) is 2. The predicted molar refractivity (Wildman–Crippen MR) is 73.7 cm³/mol. The van der Waals surface area contributed by atoms with Gasteiger partial charge in [0.05, 0.1) is 4.99 Å². The number of nitrogens with two attached hydrogens (primary N) is 1. The van der Waals surface area contributed by atoms with Crippen molar-refractivity contribution in [1.29, 1.82) is 0 Å². The summed E-state index contributed by atoms with van der Waals surface area (Å²) in [6.45, 7) is 0.870. The molecule has 1 saturated carbocycles. The van der Waals surface area contributed by atoms with E-state index in [0.29, 0.717) is 11.0 Å². The summed E-state index contributed by atoms with van der Waals surface area (Å²) in [5.41, 5.74) is 5.54. The molecule has 0 aromatic carbocycles. The highest BCUT2D eigenvalue weighted by Gasteiger charge is 2.29. The Bertz CT molecular complexity index is 375. The molecule has 2 rings (SSSR count). The lowest BCUT2D eigenvalue weighted by Crippen LogP contribution is -2.30. The van der Waals surface area contributed by atoms with Crippen molar-refractivity contribution in [1.82, 2.24) is 4.98 Å². The quantitative estimate of drug-likeness (QED) is 0.848. The molecule has 5 heteroatoms. The van der Waals surface area contributed by atoms with Gasteiger partial charge in [0, 0.05) is 29.7 Å². The van der Waals surface area contributed by atoms with E-state index in [9.17, 15) is 0 Å². The van der Waals surface area contributed by atoms with Crippen molar-refractivity contribution in [3.05, 3.63) is 22.8 Å². The van der Waals surface area contributed by atoms with Crippen LogP contribution in [0.3, 0.4) is 0 Å². The molecule has 16 heavy (non-hydrogen) atoms. The van der Waals surface area contributed by atoms with Crippen LogP contribution in [0, 0.1) is 0 Å². The van der Waals surface area contributed by atoms with Crippen molar-refractivity contribution in [3.8, 4) is 0 Å². The molecule has 0 atom stereocenters. The minimum atomic E-state index is 0.572. The topological polar surface area (TPSA) is 42.1 Å². The number of pyridine rings is 1. The number of hydrogen-bond acceptors (Lipinski definition) is 3. The average molecular weight is 300 g/mol. The number of hydrogen-bond donors (Lipinski definition) is 1. The molecule has 1 aromatic heterocycles. The van der Waals surface area contributed by atoms with Crippen LogP contribution in [0.2, 0.25) is 0 Å². The molecule has 0 saturated heterocycles. The van der Waals surface area contributed by atoms with Gasteiger partial charge in [-0.25, -0.2) is 4.98 Å². The van der Waals surface area contributed by atoms with Crippen LogP contribution in [0.5, 0.6) is 0 Å². The maximum Gasteiger partial charge on any atom is 0.128 e. The molecule has 3 nitrogen and oxygen atoms in total. The summed E-state index contributed by atoms with van der Waals surface area (Å²) in [6.07, 6.45) is 5.07. The Hall–Kier alpha value is -0.680. The van der Waals surface area contributed by atoms with Crippen LogP contribution in [0.4, 0.5) is 5.82 Å². The molecule has 2 N–H and O–H groups in total. The van der Waals surface area contributed by atoms with Gasteiger partial charge in [-0.15, -0.1) is 0 Å². The van der Waals surface area contributed by atoms with Gasteiger partial charge < -0.3 is 10.6 Å². The van der Waals surface area contributed by atoms with Gasteiger partial charge in [-0.2, -0.15) is 0 Å². The third kappa shape index (κ3) is 3.15. The SMILES string of the molecule is NC(=S)CCN(c1ccc(Br)cn1)C1CC1. The standard InChI is InChI=1S/C11H14BrN3S/c12-8-1-4-11(14-7-8)15(9-2-3-9)6-5-10(13)16/h1,4,7,9H,2-3,5-6H2,(H2,13,16). The highest BCUT2D eigenvalue weighted by atomic mass is 79.9. The molecule has 1 heterocycles. The van der Waals surface area contributed by atoms with E-state index in [1.54, 1.807) is 0 Å². The van der Waals surface area contributed by atoms with E-state index in [0.717, 1.165) is 23.3 Å². The number of thiocarbonyl (C=S) groups is 1. The first-order chi connectivity index (χ1) is 7.66. The van der Waals surface area contributed by atoms with Crippen molar-refractivity contribution in [2.24, 2.45) is 5.73 Å². The maximum atomic E-state index is 5.54. The lowest BCUT2D eigenvalue weighted by Gasteiger charge is -2.23.